The summed E-state index contributed by atoms with van der Waals surface area (Å²) in [5.41, 5.74) is 1.17. The average Bonchev–Trinajstić information content (AvgIpc) is 2.78. The van der Waals surface area contributed by atoms with Crippen LogP contribution < -0.4 is 5.32 Å². The highest BCUT2D eigenvalue weighted by molar-refractivity contribution is 9.10. The minimum Gasteiger partial charge on any atom is -0.475 e. The van der Waals surface area contributed by atoms with Gasteiger partial charge in [0.05, 0.1) is 5.69 Å². The fourth-order valence-electron chi connectivity index (χ4n) is 1.61. The molecule has 6 nitrogen and oxygen atoms in total. The van der Waals surface area contributed by atoms with Crippen LogP contribution in [-0.2, 0) is 9.53 Å². The van der Waals surface area contributed by atoms with E-state index in [9.17, 15) is 18.0 Å². The van der Waals surface area contributed by atoms with Crippen molar-refractivity contribution in [3.05, 3.63) is 28.9 Å². The summed E-state index contributed by atoms with van der Waals surface area (Å²) in [6, 6.07) is 5.83. The van der Waals surface area contributed by atoms with Crippen molar-refractivity contribution in [2.45, 2.75) is 32.5 Å². The predicted molar refractivity (Wildman–Crippen MR) is 89.5 cm³/mol. The van der Waals surface area contributed by atoms with Crippen molar-refractivity contribution in [3.8, 4) is 0 Å². The minimum absolute atomic E-state index is 0.455. The molecule has 25 heavy (non-hydrogen) atoms. The molecule has 1 amide bonds. The molecule has 0 saturated heterocycles. The Bertz CT molecular complexity index is 766. The molecule has 2 aromatic rings. The number of benzene rings is 1. The average molecular weight is 425 g/mol. The summed E-state index contributed by atoms with van der Waals surface area (Å²) in [5, 5.41) is 10.8. The second-order valence-electron chi connectivity index (χ2n) is 5.82. The number of alkyl halides is 3. The number of nitrogens with one attached hydrogen (secondary N) is 2. The van der Waals surface area contributed by atoms with Crippen LogP contribution in [0.2, 0.25) is 0 Å². The quantitative estimate of drug-likeness (QED) is 0.606. The van der Waals surface area contributed by atoms with Gasteiger partial charge < -0.3 is 14.8 Å². The highest BCUT2D eigenvalue weighted by Crippen LogP contribution is 2.26. The fraction of sp³-hybridized carbons (Fsp3) is 0.333. The molecule has 2 rings (SSSR count). The van der Waals surface area contributed by atoms with E-state index in [2.05, 4.69) is 26.2 Å². The van der Waals surface area contributed by atoms with E-state index in [1.165, 1.54) is 0 Å². The Balaban J connectivity index is 0.000000381. The number of carboxylic acids is 1. The zero-order valence-electron chi connectivity index (χ0n) is 13.5. The number of ether oxygens (including phenoxy) is 1. The van der Waals surface area contributed by atoms with Gasteiger partial charge in [0.1, 0.15) is 5.60 Å². The SMILES string of the molecule is CC(C)(C)OC(=O)Nc1c[nH]c2ccc(Br)cc12.O=C(O)C(F)(F)F. The largest absolute Gasteiger partial charge is 0.490 e. The molecular weight excluding hydrogens is 409 g/mol. The minimum atomic E-state index is -5.08. The molecule has 10 heteroatoms. The molecular formula is C15H16BrF3N2O4. The van der Waals surface area contributed by atoms with Gasteiger partial charge in [-0.3, -0.25) is 5.32 Å². The number of H-pyrrole nitrogens is 1. The van der Waals surface area contributed by atoms with Gasteiger partial charge in [0.2, 0.25) is 0 Å². The molecule has 0 aliphatic rings. The van der Waals surface area contributed by atoms with Crippen LogP contribution in [0.3, 0.4) is 0 Å². The summed E-state index contributed by atoms with van der Waals surface area (Å²) in [4.78, 5) is 23.7. The Morgan fingerprint density at radius 1 is 1.24 bits per heavy atom. The summed E-state index contributed by atoms with van der Waals surface area (Å²) in [6.07, 6.45) is -3.79. The Morgan fingerprint density at radius 3 is 2.28 bits per heavy atom. The molecule has 1 aromatic carbocycles. The first kappa shape index (κ1) is 20.8. The molecule has 138 valence electrons. The van der Waals surface area contributed by atoms with Crippen molar-refractivity contribution in [1.82, 2.24) is 4.98 Å². The van der Waals surface area contributed by atoms with Gasteiger partial charge in [-0.25, -0.2) is 9.59 Å². The van der Waals surface area contributed by atoms with Crippen molar-refractivity contribution in [3.63, 3.8) is 0 Å². The van der Waals surface area contributed by atoms with E-state index in [0.29, 0.717) is 5.69 Å². The Labute approximate surface area is 149 Å². The van der Waals surface area contributed by atoms with Crippen LogP contribution in [-0.4, -0.2) is 33.9 Å². The molecule has 0 fully saturated rings. The molecule has 0 atom stereocenters. The van der Waals surface area contributed by atoms with Crippen LogP contribution in [0.4, 0.5) is 23.7 Å². The number of carbonyl (C=O) groups excluding carboxylic acids is 1. The maximum atomic E-state index is 11.7. The van der Waals surface area contributed by atoms with E-state index >= 15 is 0 Å². The second kappa shape index (κ2) is 7.77. The summed E-state index contributed by atoms with van der Waals surface area (Å²) in [7, 11) is 0. The number of halogens is 4. The summed E-state index contributed by atoms with van der Waals surface area (Å²) < 4.78 is 37.9. The van der Waals surface area contributed by atoms with Crippen molar-refractivity contribution < 1.29 is 32.6 Å². The number of aromatic amines is 1. The number of anilines is 1. The lowest BCUT2D eigenvalue weighted by Gasteiger charge is -2.19. The molecule has 0 saturated carbocycles. The van der Waals surface area contributed by atoms with Crippen molar-refractivity contribution in [1.29, 1.82) is 0 Å². The third-order valence-electron chi connectivity index (χ3n) is 2.52. The van der Waals surface area contributed by atoms with E-state index in [1.54, 1.807) is 6.20 Å². The summed E-state index contributed by atoms with van der Waals surface area (Å²) >= 11 is 3.41. The number of carboxylic acid groups (broad SMARTS) is 1. The molecule has 0 spiro atoms. The molecule has 0 radical (unpaired) electrons. The number of carbonyl (C=O) groups is 2. The van der Waals surface area contributed by atoms with Crippen LogP contribution in [0, 0.1) is 0 Å². The van der Waals surface area contributed by atoms with Gasteiger partial charge in [0.25, 0.3) is 0 Å². The van der Waals surface area contributed by atoms with Gasteiger partial charge >= 0.3 is 18.2 Å². The molecule has 0 bridgehead atoms. The van der Waals surface area contributed by atoms with Crippen molar-refractivity contribution >= 4 is 44.6 Å². The highest BCUT2D eigenvalue weighted by Gasteiger charge is 2.38. The fourth-order valence-corrected chi connectivity index (χ4v) is 1.97. The number of aromatic nitrogens is 1. The third-order valence-corrected chi connectivity index (χ3v) is 3.02. The van der Waals surface area contributed by atoms with Gasteiger partial charge in [0, 0.05) is 21.6 Å². The highest BCUT2D eigenvalue weighted by atomic mass is 79.9. The van der Waals surface area contributed by atoms with Crippen molar-refractivity contribution in [2.75, 3.05) is 5.32 Å². The maximum absolute atomic E-state index is 11.7. The summed E-state index contributed by atoms with van der Waals surface area (Å²) in [5.74, 6) is -2.76. The predicted octanol–water partition coefficient (Wildman–Crippen LogP) is 4.91. The monoisotopic (exact) mass is 424 g/mol. The number of rotatable bonds is 1. The van der Waals surface area contributed by atoms with Crippen LogP contribution in [0.1, 0.15) is 20.8 Å². The standard InChI is InChI=1S/C13H15BrN2O2.C2HF3O2/c1-13(2,3)18-12(17)16-11-7-15-10-5-4-8(14)6-9(10)11;3-2(4,5)1(6)7/h4-7,15H,1-3H3,(H,16,17);(H,6,7). The lowest BCUT2D eigenvalue weighted by Crippen LogP contribution is -2.27. The Morgan fingerprint density at radius 2 is 1.80 bits per heavy atom. The second-order valence-corrected chi connectivity index (χ2v) is 6.74. The first-order valence-corrected chi connectivity index (χ1v) is 7.65. The summed E-state index contributed by atoms with van der Waals surface area (Å²) in [6.45, 7) is 5.50. The smallest absolute Gasteiger partial charge is 0.475 e. The lowest BCUT2D eigenvalue weighted by molar-refractivity contribution is -0.192. The zero-order valence-corrected chi connectivity index (χ0v) is 15.1. The molecule has 3 N–H and O–H groups in total. The first-order chi connectivity index (χ1) is 11.3. The lowest BCUT2D eigenvalue weighted by atomic mass is 10.2. The topological polar surface area (TPSA) is 91.4 Å². The molecule has 0 aliphatic heterocycles. The molecule has 0 aliphatic carbocycles. The molecule has 1 heterocycles. The van der Waals surface area contributed by atoms with Crippen LogP contribution in [0.15, 0.2) is 28.9 Å². The Kier molecular flexibility index (Phi) is 6.47. The van der Waals surface area contributed by atoms with Crippen LogP contribution in [0.25, 0.3) is 10.9 Å². The molecule has 1 aromatic heterocycles. The number of hydrogen-bond acceptors (Lipinski definition) is 3. The van der Waals surface area contributed by atoms with Crippen molar-refractivity contribution in [2.24, 2.45) is 0 Å². The molecule has 0 unspecified atom stereocenters. The normalized spacial score (nSPS) is 11.5. The Hall–Kier alpha value is -2.23. The number of fused-ring (bicyclic) bond motifs is 1. The first-order valence-electron chi connectivity index (χ1n) is 6.86. The number of aliphatic carboxylic acids is 1. The van der Waals surface area contributed by atoms with Crippen LogP contribution >= 0.6 is 15.9 Å². The van der Waals surface area contributed by atoms with E-state index < -0.39 is 23.8 Å². The maximum Gasteiger partial charge on any atom is 0.490 e. The van der Waals surface area contributed by atoms with E-state index in [1.807, 2.05) is 39.0 Å². The van der Waals surface area contributed by atoms with Gasteiger partial charge in [-0.15, -0.1) is 0 Å². The number of amides is 1. The van der Waals surface area contributed by atoms with Gasteiger partial charge in [-0.05, 0) is 39.0 Å². The van der Waals surface area contributed by atoms with E-state index in [-0.39, 0.29) is 0 Å². The van der Waals surface area contributed by atoms with E-state index in [4.69, 9.17) is 14.6 Å². The van der Waals surface area contributed by atoms with E-state index in [0.717, 1.165) is 15.4 Å². The zero-order chi connectivity index (χ0) is 19.4. The van der Waals surface area contributed by atoms with Gasteiger partial charge in [-0.1, -0.05) is 15.9 Å². The van der Waals surface area contributed by atoms with Gasteiger partial charge in [-0.2, -0.15) is 13.2 Å². The number of hydrogen-bond donors (Lipinski definition) is 3. The van der Waals surface area contributed by atoms with Gasteiger partial charge in [0.15, 0.2) is 0 Å². The van der Waals surface area contributed by atoms with Crippen LogP contribution in [0.5, 0.6) is 0 Å². The third kappa shape index (κ3) is 7.04.